The number of carbonyl (C=O) groups excluding carboxylic acids is 2. The van der Waals surface area contributed by atoms with E-state index in [2.05, 4.69) is 41.0 Å². The Bertz CT molecular complexity index is 1010. The van der Waals surface area contributed by atoms with Gasteiger partial charge < -0.3 is 10.3 Å². The first-order valence-electron chi connectivity index (χ1n) is 9.49. The normalized spacial score (nSPS) is 12.9. The Balaban J connectivity index is 1.91. The molecule has 1 atom stereocenters. The number of amides is 1. The third kappa shape index (κ3) is 4.14. The molecule has 0 unspecified atom stereocenters. The summed E-state index contributed by atoms with van der Waals surface area (Å²) in [6.45, 7) is 10.2. The van der Waals surface area contributed by atoms with Crippen molar-refractivity contribution >= 4 is 34.2 Å². The second-order valence-electron chi connectivity index (χ2n) is 8.05. The monoisotopic (exact) mass is 398 g/mol. The van der Waals surface area contributed by atoms with Gasteiger partial charge in [-0.25, -0.2) is 9.97 Å². The summed E-state index contributed by atoms with van der Waals surface area (Å²) in [7, 11) is 0. The molecule has 0 saturated heterocycles. The van der Waals surface area contributed by atoms with Gasteiger partial charge >= 0.3 is 0 Å². The average molecular weight is 399 g/mol. The number of H-pyrrole nitrogens is 1. The molecule has 0 saturated carbocycles. The molecule has 1 amide bonds. The van der Waals surface area contributed by atoms with Crippen molar-refractivity contribution in [2.45, 2.75) is 53.5 Å². The second-order valence-corrected chi connectivity index (χ2v) is 9.14. The third-order valence-electron chi connectivity index (χ3n) is 4.88. The zero-order valence-electron chi connectivity index (χ0n) is 16.9. The highest BCUT2D eigenvalue weighted by Crippen LogP contribution is 2.29. The van der Waals surface area contributed by atoms with Gasteiger partial charge in [0.2, 0.25) is 0 Å². The van der Waals surface area contributed by atoms with Crippen LogP contribution >= 0.6 is 11.3 Å². The number of nitrogens with zero attached hydrogens (tertiary/aromatic N) is 2. The van der Waals surface area contributed by atoms with E-state index in [1.807, 2.05) is 26.0 Å². The van der Waals surface area contributed by atoms with E-state index < -0.39 is 0 Å². The van der Waals surface area contributed by atoms with Crippen molar-refractivity contribution in [2.75, 3.05) is 0 Å². The third-order valence-corrected chi connectivity index (χ3v) is 6.03. The zero-order valence-corrected chi connectivity index (χ0v) is 17.7. The lowest BCUT2D eigenvalue weighted by molar-refractivity contribution is 0.0911. The van der Waals surface area contributed by atoms with Crippen LogP contribution in [0.2, 0.25) is 0 Å². The number of thiophene rings is 1. The number of rotatable bonds is 6. The van der Waals surface area contributed by atoms with Crippen molar-refractivity contribution in [1.29, 1.82) is 0 Å². The molecule has 148 valence electrons. The molecule has 0 aliphatic carbocycles. The minimum absolute atomic E-state index is 0.00511. The molecule has 0 radical (unpaired) electrons. The van der Waals surface area contributed by atoms with Crippen LogP contribution in [0.4, 0.5) is 0 Å². The Kier molecular flexibility index (Phi) is 5.65. The highest BCUT2D eigenvalue weighted by atomic mass is 32.1. The van der Waals surface area contributed by atoms with E-state index in [1.54, 1.807) is 12.4 Å². The largest absolute Gasteiger partial charge is 0.349 e. The Morgan fingerprint density at radius 1 is 1.29 bits per heavy atom. The van der Waals surface area contributed by atoms with Crippen molar-refractivity contribution in [2.24, 2.45) is 5.41 Å². The van der Waals surface area contributed by atoms with Crippen molar-refractivity contribution < 1.29 is 9.59 Å². The SMILES string of the molecule is CCCC(=O)c1ccc(-c2cnc3[nH]cc(C(=O)N[C@@H](C)C(C)(C)C)c3n2)s1. The number of aromatic nitrogens is 3. The van der Waals surface area contributed by atoms with Crippen LogP contribution in [0.3, 0.4) is 0 Å². The van der Waals surface area contributed by atoms with Crippen LogP contribution in [0.15, 0.2) is 24.5 Å². The number of ketones is 1. The number of carbonyl (C=O) groups is 2. The number of Topliss-reactive ketones (excluding diaryl/α,β-unsaturated/α-hetero) is 1. The first-order valence-corrected chi connectivity index (χ1v) is 10.3. The molecule has 0 bridgehead atoms. The molecule has 3 aromatic heterocycles. The number of nitrogens with one attached hydrogen (secondary N) is 2. The summed E-state index contributed by atoms with van der Waals surface area (Å²) in [6.07, 6.45) is 4.67. The van der Waals surface area contributed by atoms with Crippen LogP contribution in [0.5, 0.6) is 0 Å². The van der Waals surface area contributed by atoms with Gasteiger partial charge in [0.05, 0.1) is 27.2 Å². The molecule has 2 N–H and O–H groups in total. The molecule has 7 heteroatoms. The smallest absolute Gasteiger partial charge is 0.255 e. The highest BCUT2D eigenvalue weighted by Gasteiger charge is 2.24. The second kappa shape index (κ2) is 7.83. The van der Waals surface area contributed by atoms with Gasteiger partial charge in [0.25, 0.3) is 5.91 Å². The lowest BCUT2D eigenvalue weighted by atomic mass is 9.88. The average Bonchev–Trinajstić information content (AvgIpc) is 3.27. The van der Waals surface area contributed by atoms with Crippen molar-refractivity contribution in [3.05, 3.63) is 35.0 Å². The van der Waals surface area contributed by atoms with Crippen LogP contribution < -0.4 is 5.32 Å². The van der Waals surface area contributed by atoms with E-state index in [4.69, 9.17) is 0 Å². The molecule has 0 aliphatic rings. The van der Waals surface area contributed by atoms with E-state index in [-0.39, 0.29) is 23.1 Å². The number of hydrogen-bond donors (Lipinski definition) is 2. The molecular weight excluding hydrogens is 372 g/mol. The molecule has 28 heavy (non-hydrogen) atoms. The topological polar surface area (TPSA) is 87.7 Å². The van der Waals surface area contributed by atoms with Crippen LogP contribution in [-0.2, 0) is 0 Å². The summed E-state index contributed by atoms with van der Waals surface area (Å²) in [5.41, 5.74) is 2.18. The number of fused-ring (bicyclic) bond motifs is 1. The standard InChI is InChI=1S/C21H26N4O2S/c1-6-7-15(26)17-9-8-16(28-17)14-11-23-19-18(25-14)13(10-22-19)20(27)24-12(2)21(3,4)5/h8-12H,6-7H2,1-5H3,(H,22,23)(H,24,27)/t12-/m0/s1. The first kappa shape index (κ1) is 20.2. The molecule has 0 aromatic carbocycles. The van der Waals surface area contributed by atoms with Gasteiger partial charge in [-0.1, -0.05) is 27.7 Å². The molecule has 0 fully saturated rings. The Hall–Kier alpha value is -2.54. The molecule has 3 rings (SSSR count). The van der Waals surface area contributed by atoms with E-state index in [1.165, 1.54) is 11.3 Å². The van der Waals surface area contributed by atoms with E-state index >= 15 is 0 Å². The lowest BCUT2D eigenvalue weighted by Gasteiger charge is -2.27. The predicted octanol–water partition coefficient (Wildman–Crippen LogP) is 4.83. The summed E-state index contributed by atoms with van der Waals surface area (Å²) in [5.74, 6) is -0.0317. The van der Waals surface area contributed by atoms with Gasteiger partial charge in [0.15, 0.2) is 11.4 Å². The molecule has 0 aliphatic heterocycles. The summed E-state index contributed by atoms with van der Waals surface area (Å²) < 4.78 is 0. The van der Waals surface area contributed by atoms with Crippen LogP contribution in [0, 0.1) is 5.41 Å². The zero-order chi connectivity index (χ0) is 20.5. The molecule has 6 nitrogen and oxygen atoms in total. The van der Waals surface area contributed by atoms with Crippen LogP contribution in [-0.4, -0.2) is 32.7 Å². The summed E-state index contributed by atoms with van der Waals surface area (Å²) >= 11 is 1.41. The van der Waals surface area contributed by atoms with Crippen molar-refractivity contribution in [3.8, 4) is 10.6 Å². The summed E-state index contributed by atoms with van der Waals surface area (Å²) in [4.78, 5) is 38.5. The van der Waals surface area contributed by atoms with Gasteiger partial charge in [-0.05, 0) is 30.9 Å². The fraction of sp³-hybridized carbons (Fsp3) is 0.429. The Labute approximate surface area is 168 Å². The quantitative estimate of drug-likeness (QED) is 0.582. The summed E-state index contributed by atoms with van der Waals surface area (Å²) in [6, 6.07) is 3.72. The fourth-order valence-electron chi connectivity index (χ4n) is 2.65. The van der Waals surface area contributed by atoms with Gasteiger partial charge in [0, 0.05) is 18.7 Å². The van der Waals surface area contributed by atoms with E-state index in [9.17, 15) is 9.59 Å². The molecule has 3 aromatic rings. The maximum absolute atomic E-state index is 12.7. The minimum atomic E-state index is -0.176. The van der Waals surface area contributed by atoms with E-state index in [0.717, 1.165) is 16.2 Å². The van der Waals surface area contributed by atoms with Crippen LogP contribution in [0.1, 0.15) is 67.5 Å². The maximum Gasteiger partial charge on any atom is 0.255 e. The fourth-order valence-corrected chi connectivity index (χ4v) is 3.58. The number of aromatic amines is 1. The van der Waals surface area contributed by atoms with Gasteiger partial charge in [-0.3, -0.25) is 9.59 Å². The highest BCUT2D eigenvalue weighted by molar-refractivity contribution is 7.17. The minimum Gasteiger partial charge on any atom is -0.349 e. The van der Waals surface area contributed by atoms with Crippen molar-refractivity contribution in [1.82, 2.24) is 20.3 Å². The number of hydrogen-bond acceptors (Lipinski definition) is 5. The van der Waals surface area contributed by atoms with Gasteiger partial charge in [-0.15, -0.1) is 11.3 Å². The lowest BCUT2D eigenvalue weighted by Crippen LogP contribution is -2.41. The first-order chi connectivity index (χ1) is 13.2. The Morgan fingerprint density at radius 3 is 2.71 bits per heavy atom. The molecular formula is C21H26N4O2S. The maximum atomic E-state index is 12.7. The molecule has 3 heterocycles. The van der Waals surface area contributed by atoms with Gasteiger partial charge in [0.1, 0.15) is 5.52 Å². The summed E-state index contributed by atoms with van der Waals surface area (Å²) in [5, 5.41) is 3.04. The van der Waals surface area contributed by atoms with Crippen molar-refractivity contribution in [3.63, 3.8) is 0 Å². The van der Waals surface area contributed by atoms with Gasteiger partial charge in [-0.2, -0.15) is 0 Å². The van der Waals surface area contributed by atoms with Crippen LogP contribution in [0.25, 0.3) is 21.7 Å². The Morgan fingerprint density at radius 2 is 2.04 bits per heavy atom. The predicted molar refractivity (Wildman–Crippen MR) is 113 cm³/mol. The molecule has 0 spiro atoms. The van der Waals surface area contributed by atoms with E-state index in [0.29, 0.717) is 28.8 Å².